The number of imidazole rings is 1. The molecule has 2 atom stereocenters. The van der Waals surface area contributed by atoms with E-state index < -0.39 is 11.6 Å². The molecule has 3 aromatic heterocycles. The van der Waals surface area contributed by atoms with Gasteiger partial charge in [0.25, 0.3) is 0 Å². The second kappa shape index (κ2) is 11.4. The van der Waals surface area contributed by atoms with Gasteiger partial charge in [-0.2, -0.15) is 9.61 Å². The predicted octanol–water partition coefficient (Wildman–Crippen LogP) is 5.66. The van der Waals surface area contributed by atoms with Crippen LogP contribution < -0.4 is 11.1 Å². The first-order chi connectivity index (χ1) is 19.4. The minimum Gasteiger partial charge on any atom is -0.381 e. The lowest BCUT2D eigenvalue weighted by Gasteiger charge is -2.27. The van der Waals surface area contributed by atoms with Crippen LogP contribution in [0.4, 0.5) is 20.4 Å². The fourth-order valence-electron chi connectivity index (χ4n) is 5.64. The van der Waals surface area contributed by atoms with E-state index in [0.29, 0.717) is 30.2 Å². The Morgan fingerprint density at radius 2 is 1.93 bits per heavy atom. The average Bonchev–Trinajstić information content (AvgIpc) is 3.34. The van der Waals surface area contributed by atoms with Crippen molar-refractivity contribution in [3.63, 3.8) is 0 Å². The molecule has 10 heteroatoms. The Kier molecular flexibility index (Phi) is 7.55. The van der Waals surface area contributed by atoms with E-state index in [0.717, 1.165) is 36.9 Å². The lowest BCUT2D eigenvalue weighted by Crippen LogP contribution is -2.25. The predicted molar refractivity (Wildman–Crippen MR) is 148 cm³/mol. The number of nitrogens with zero attached hydrogens (tertiary/aromatic N) is 4. The number of benzene rings is 1. The Morgan fingerprint density at radius 3 is 2.70 bits per heavy atom. The van der Waals surface area contributed by atoms with Crippen molar-refractivity contribution in [1.82, 2.24) is 19.6 Å². The number of rotatable bonds is 7. The van der Waals surface area contributed by atoms with Crippen molar-refractivity contribution >= 4 is 17.2 Å². The topological polar surface area (TPSA) is 99.6 Å². The van der Waals surface area contributed by atoms with Gasteiger partial charge in [0.05, 0.1) is 47.6 Å². The van der Waals surface area contributed by atoms with Gasteiger partial charge in [-0.3, -0.25) is 4.98 Å². The summed E-state index contributed by atoms with van der Waals surface area (Å²) in [6.45, 7) is 3.51. The smallest absolute Gasteiger partial charge is 0.229 e. The first-order valence-corrected chi connectivity index (χ1v) is 13.6. The number of nitrogens with one attached hydrogen (secondary N) is 1. The first kappa shape index (κ1) is 26.5. The molecule has 6 rings (SSSR count). The van der Waals surface area contributed by atoms with Gasteiger partial charge in [-0.15, -0.1) is 0 Å². The van der Waals surface area contributed by atoms with Crippen LogP contribution in [0.25, 0.3) is 16.8 Å². The number of hydrogen-bond donors (Lipinski definition) is 2. The highest BCUT2D eigenvalue weighted by Gasteiger charge is 2.23. The normalized spacial score (nSPS) is 20.1. The van der Waals surface area contributed by atoms with Crippen LogP contribution in [0.3, 0.4) is 0 Å². The Morgan fingerprint density at radius 1 is 1.12 bits per heavy atom. The molecule has 0 spiro atoms. The Hall–Kier alpha value is -3.73. The largest absolute Gasteiger partial charge is 0.381 e. The van der Waals surface area contributed by atoms with Crippen LogP contribution in [-0.2, 0) is 16.1 Å². The summed E-state index contributed by atoms with van der Waals surface area (Å²) in [6, 6.07) is 7.94. The Balaban J connectivity index is 1.26. The number of fused-ring (bicyclic) bond motifs is 1. The van der Waals surface area contributed by atoms with E-state index in [1.54, 1.807) is 35.2 Å². The SMILES string of the molecule is CC1=CC(N)CC(c2ccncc2Nc2ncc3ccc(-c4c(F)cc(COC5CCOCC5)cc4F)nn23)C1. The van der Waals surface area contributed by atoms with Crippen molar-refractivity contribution in [2.75, 3.05) is 18.5 Å². The molecule has 4 aromatic rings. The summed E-state index contributed by atoms with van der Waals surface area (Å²) < 4.78 is 43.2. The van der Waals surface area contributed by atoms with Crippen molar-refractivity contribution in [2.45, 2.75) is 57.3 Å². The molecule has 2 unspecified atom stereocenters. The molecule has 40 heavy (non-hydrogen) atoms. The molecule has 0 radical (unpaired) electrons. The number of halogens is 2. The quantitative estimate of drug-likeness (QED) is 0.289. The van der Waals surface area contributed by atoms with Gasteiger partial charge in [-0.05, 0) is 80.0 Å². The molecule has 1 aromatic carbocycles. The van der Waals surface area contributed by atoms with Crippen molar-refractivity contribution in [3.05, 3.63) is 83.3 Å². The molecule has 2 aliphatic rings. The molecule has 1 saturated heterocycles. The highest BCUT2D eigenvalue weighted by atomic mass is 19.1. The zero-order valence-corrected chi connectivity index (χ0v) is 22.3. The maximum Gasteiger partial charge on any atom is 0.229 e. The third kappa shape index (κ3) is 5.60. The van der Waals surface area contributed by atoms with E-state index in [1.165, 1.54) is 17.7 Å². The highest BCUT2D eigenvalue weighted by Crippen LogP contribution is 2.37. The maximum atomic E-state index is 15.2. The van der Waals surface area contributed by atoms with Gasteiger partial charge in [0, 0.05) is 25.5 Å². The molecular weight excluding hydrogens is 514 g/mol. The molecule has 208 valence electrons. The van der Waals surface area contributed by atoms with Crippen molar-refractivity contribution in [3.8, 4) is 11.3 Å². The molecule has 8 nitrogen and oxygen atoms in total. The van der Waals surface area contributed by atoms with Gasteiger partial charge in [-0.1, -0.05) is 11.6 Å². The van der Waals surface area contributed by atoms with E-state index in [9.17, 15) is 0 Å². The van der Waals surface area contributed by atoms with E-state index >= 15 is 8.78 Å². The monoisotopic (exact) mass is 546 g/mol. The minimum atomic E-state index is -0.696. The summed E-state index contributed by atoms with van der Waals surface area (Å²) >= 11 is 0. The summed E-state index contributed by atoms with van der Waals surface area (Å²) in [5.74, 6) is -0.740. The standard InChI is InChI=1S/C30H32F2N6O2/c1-18-10-20(14-21(33)11-18)24-4-7-34-16-28(24)36-30-35-15-22-2-3-27(37-38(22)30)29-25(31)12-19(13-26(29)32)17-40-23-5-8-39-9-6-23/h2-4,7,11-13,15-16,20-21,23H,5-6,8-10,14,17,33H2,1H3,(H,35,36). The van der Waals surface area contributed by atoms with Crippen LogP contribution in [0, 0.1) is 11.6 Å². The molecule has 0 bridgehead atoms. The van der Waals surface area contributed by atoms with Crippen LogP contribution in [0.2, 0.25) is 0 Å². The van der Waals surface area contributed by atoms with Gasteiger partial charge in [0.2, 0.25) is 5.95 Å². The number of aromatic nitrogens is 4. The molecule has 1 fully saturated rings. The third-order valence-electron chi connectivity index (χ3n) is 7.56. The first-order valence-electron chi connectivity index (χ1n) is 13.6. The van der Waals surface area contributed by atoms with E-state index in [-0.39, 0.29) is 35.9 Å². The zero-order valence-electron chi connectivity index (χ0n) is 22.3. The molecule has 3 N–H and O–H groups in total. The van der Waals surface area contributed by atoms with Crippen LogP contribution in [0.15, 0.2) is 60.6 Å². The van der Waals surface area contributed by atoms with Crippen molar-refractivity contribution in [2.24, 2.45) is 5.73 Å². The van der Waals surface area contributed by atoms with E-state index in [2.05, 4.69) is 33.4 Å². The van der Waals surface area contributed by atoms with E-state index in [1.807, 2.05) is 6.07 Å². The summed E-state index contributed by atoms with van der Waals surface area (Å²) in [4.78, 5) is 8.78. The zero-order chi connectivity index (χ0) is 27.6. The molecule has 1 aliphatic heterocycles. The summed E-state index contributed by atoms with van der Waals surface area (Å²) in [7, 11) is 0. The van der Waals surface area contributed by atoms with Crippen LogP contribution >= 0.6 is 0 Å². The third-order valence-corrected chi connectivity index (χ3v) is 7.56. The number of allylic oxidation sites excluding steroid dienone is 1. The van der Waals surface area contributed by atoms with Crippen LogP contribution in [-0.4, -0.2) is 44.9 Å². The van der Waals surface area contributed by atoms with Gasteiger partial charge in [0.1, 0.15) is 11.6 Å². The molecular formula is C30H32F2N6O2. The van der Waals surface area contributed by atoms with Crippen molar-refractivity contribution < 1.29 is 18.3 Å². The Bertz CT molecular complexity index is 1530. The maximum absolute atomic E-state index is 15.2. The average molecular weight is 547 g/mol. The van der Waals surface area contributed by atoms with E-state index in [4.69, 9.17) is 15.2 Å². The second-order valence-corrected chi connectivity index (χ2v) is 10.6. The van der Waals surface area contributed by atoms with Crippen LogP contribution in [0.5, 0.6) is 0 Å². The van der Waals surface area contributed by atoms with Crippen LogP contribution in [0.1, 0.15) is 49.7 Å². The molecule has 4 heterocycles. The summed E-state index contributed by atoms with van der Waals surface area (Å²) in [6.07, 6.45) is 10.6. The molecule has 0 saturated carbocycles. The lowest BCUT2D eigenvalue weighted by molar-refractivity contribution is -0.0391. The fourth-order valence-corrected chi connectivity index (χ4v) is 5.64. The summed E-state index contributed by atoms with van der Waals surface area (Å²) in [5, 5.41) is 7.90. The number of ether oxygens (including phenoxy) is 2. The second-order valence-electron chi connectivity index (χ2n) is 10.6. The van der Waals surface area contributed by atoms with Gasteiger partial charge in [-0.25, -0.2) is 13.8 Å². The lowest BCUT2D eigenvalue weighted by atomic mass is 9.82. The number of hydrogen-bond acceptors (Lipinski definition) is 7. The van der Waals surface area contributed by atoms with Gasteiger partial charge in [0.15, 0.2) is 0 Å². The highest BCUT2D eigenvalue weighted by molar-refractivity contribution is 5.66. The number of pyridine rings is 1. The molecule has 0 amide bonds. The summed E-state index contributed by atoms with van der Waals surface area (Å²) in [5.41, 5.74) is 10.5. The van der Waals surface area contributed by atoms with Gasteiger partial charge >= 0.3 is 0 Å². The molecule has 1 aliphatic carbocycles. The van der Waals surface area contributed by atoms with Gasteiger partial charge < -0.3 is 20.5 Å². The fraction of sp³-hybridized carbons (Fsp3) is 0.367. The van der Waals surface area contributed by atoms with Crippen molar-refractivity contribution in [1.29, 1.82) is 0 Å². The Labute approximate surface area is 231 Å². The number of anilines is 2. The minimum absolute atomic E-state index is 0.000786. The number of nitrogens with two attached hydrogens (primary N) is 1.